The Morgan fingerprint density at radius 2 is 1.72 bits per heavy atom. The van der Waals surface area contributed by atoms with Gasteiger partial charge in [0, 0.05) is 11.1 Å². The standard InChI is InChI=1S/C22H23ClN2O4/c1-12(2)9-18(25-21(27)14-7-5-6-8-15(14)22(25)28)20(26)24-17-10-13(3)16(23)11-19(17)29-4/h5-8,10-12,18H,9H2,1-4H3,(H,24,26)/t18-/m0/s1. The molecule has 29 heavy (non-hydrogen) atoms. The van der Waals surface area contributed by atoms with Crippen LogP contribution in [-0.4, -0.2) is 35.8 Å². The van der Waals surface area contributed by atoms with Gasteiger partial charge in [0.2, 0.25) is 5.91 Å². The number of hydrogen-bond acceptors (Lipinski definition) is 4. The maximum Gasteiger partial charge on any atom is 0.262 e. The first kappa shape index (κ1) is 20.9. The lowest BCUT2D eigenvalue weighted by molar-refractivity contribution is -0.120. The Labute approximate surface area is 174 Å². The number of rotatable bonds is 6. The summed E-state index contributed by atoms with van der Waals surface area (Å²) in [7, 11) is 1.48. The predicted octanol–water partition coefficient (Wildman–Crippen LogP) is 4.31. The van der Waals surface area contributed by atoms with E-state index in [9.17, 15) is 14.4 Å². The first-order valence-electron chi connectivity index (χ1n) is 9.36. The second-order valence-corrected chi connectivity index (χ2v) is 7.87. The summed E-state index contributed by atoms with van der Waals surface area (Å²) in [6.07, 6.45) is 0.339. The maximum absolute atomic E-state index is 13.2. The minimum absolute atomic E-state index is 0.0870. The first-order chi connectivity index (χ1) is 13.7. The summed E-state index contributed by atoms with van der Waals surface area (Å²) in [5, 5.41) is 3.32. The molecule has 152 valence electrons. The molecule has 1 aliphatic heterocycles. The molecule has 6 nitrogen and oxygen atoms in total. The Balaban J connectivity index is 1.94. The van der Waals surface area contributed by atoms with Crippen molar-refractivity contribution in [3.05, 3.63) is 58.1 Å². The number of imide groups is 1. The number of methoxy groups -OCH3 is 1. The van der Waals surface area contributed by atoms with E-state index in [1.807, 2.05) is 20.8 Å². The molecule has 0 bridgehead atoms. The summed E-state index contributed by atoms with van der Waals surface area (Å²) in [6, 6.07) is 8.98. The Bertz CT molecular complexity index is 952. The molecule has 3 rings (SSSR count). The number of benzene rings is 2. The van der Waals surface area contributed by atoms with Gasteiger partial charge in [-0.25, -0.2) is 0 Å². The monoisotopic (exact) mass is 414 g/mol. The van der Waals surface area contributed by atoms with E-state index in [0.717, 1.165) is 10.5 Å². The van der Waals surface area contributed by atoms with Gasteiger partial charge in [0.15, 0.2) is 0 Å². The summed E-state index contributed by atoms with van der Waals surface area (Å²) in [5.74, 6) is -0.868. The van der Waals surface area contributed by atoms with Gasteiger partial charge in [0.05, 0.1) is 23.9 Å². The van der Waals surface area contributed by atoms with Crippen molar-refractivity contribution in [3.63, 3.8) is 0 Å². The smallest absolute Gasteiger partial charge is 0.262 e. The minimum atomic E-state index is -0.942. The summed E-state index contributed by atoms with van der Waals surface area (Å²) in [6.45, 7) is 5.68. The Hall–Kier alpha value is -2.86. The minimum Gasteiger partial charge on any atom is -0.495 e. The predicted molar refractivity (Wildman–Crippen MR) is 112 cm³/mol. The van der Waals surface area contributed by atoms with E-state index >= 15 is 0 Å². The molecular formula is C22H23ClN2O4. The number of halogens is 1. The van der Waals surface area contributed by atoms with Crippen LogP contribution < -0.4 is 10.1 Å². The average Bonchev–Trinajstić information content (AvgIpc) is 2.93. The third-order valence-electron chi connectivity index (χ3n) is 4.87. The largest absolute Gasteiger partial charge is 0.495 e. The highest BCUT2D eigenvalue weighted by Gasteiger charge is 2.42. The fourth-order valence-corrected chi connectivity index (χ4v) is 3.57. The summed E-state index contributed by atoms with van der Waals surface area (Å²) >= 11 is 6.14. The van der Waals surface area contributed by atoms with Gasteiger partial charge in [-0.1, -0.05) is 37.6 Å². The van der Waals surface area contributed by atoms with Crippen LogP contribution in [0.4, 0.5) is 5.69 Å². The summed E-state index contributed by atoms with van der Waals surface area (Å²) in [5.41, 5.74) is 1.84. The lowest BCUT2D eigenvalue weighted by Gasteiger charge is -2.27. The maximum atomic E-state index is 13.2. The summed E-state index contributed by atoms with van der Waals surface area (Å²) in [4.78, 5) is 40.0. The van der Waals surface area contributed by atoms with Crippen LogP contribution in [0.5, 0.6) is 5.75 Å². The molecule has 0 spiro atoms. The highest BCUT2D eigenvalue weighted by atomic mass is 35.5. The van der Waals surface area contributed by atoms with Crippen LogP contribution in [0.25, 0.3) is 0 Å². The van der Waals surface area contributed by atoms with E-state index in [-0.39, 0.29) is 5.92 Å². The number of carbonyl (C=O) groups is 3. The van der Waals surface area contributed by atoms with Crippen molar-refractivity contribution >= 4 is 35.0 Å². The van der Waals surface area contributed by atoms with Gasteiger partial charge in [-0.3, -0.25) is 19.3 Å². The molecule has 0 radical (unpaired) electrons. The molecule has 0 fully saturated rings. The lowest BCUT2D eigenvalue weighted by atomic mass is 10.0. The molecule has 2 aromatic rings. The molecule has 0 unspecified atom stereocenters. The van der Waals surface area contributed by atoms with E-state index in [2.05, 4.69) is 5.32 Å². The third kappa shape index (κ3) is 3.98. The van der Waals surface area contributed by atoms with Gasteiger partial charge in [-0.2, -0.15) is 0 Å². The van der Waals surface area contributed by atoms with Gasteiger partial charge in [-0.15, -0.1) is 0 Å². The van der Waals surface area contributed by atoms with E-state index in [1.165, 1.54) is 7.11 Å². The van der Waals surface area contributed by atoms with Crippen LogP contribution in [0.3, 0.4) is 0 Å². The zero-order valence-electron chi connectivity index (χ0n) is 16.8. The molecule has 0 saturated carbocycles. The normalized spacial score (nSPS) is 14.2. The van der Waals surface area contributed by atoms with Crippen LogP contribution in [0.2, 0.25) is 5.02 Å². The number of carbonyl (C=O) groups excluding carboxylic acids is 3. The van der Waals surface area contributed by atoms with Crippen molar-refractivity contribution in [2.75, 3.05) is 12.4 Å². The van der Waals surface area contributed by atoms with Crippen molar-refractivity contribution in [1.82, 2.24) is 4.90 Å². The number of fused-ring (bicyclic) bond motifs is 1. The van der Waals surface area contributed by atoms with Crippen molar-refractivity contribution in [1.29, 1.82) is 0 Å². The zero-order valence-corrected chi connectivity index (χ0v) is 17.5. The number of ether oxygens (including phenoxy) is 1. The van der Waals surface area contributed by atoms with Crippen molar-refractivity contribution < 1.29 is 19.1 Å². The van der Waals surface area contributed by atoms with Crippen LogP contribution in [0.1, 0.15) is 46.5 Å². The number of anilines is 1. The van der Waals surface area contributed by atoms with Crippen LogP contribution >= 0.6 is 11.6 Å². The Morgan fingerprint density at radius 3 is 2.24 bits per heavy atom. The molecule has 1 aliphatic rings. The van der Waals surface area contributed by atoms with Crippen LogP contribution in [0, 0.1) is 12.8 Å². The molecular weight excluding hydrogens is 392 g/mol. The third-order valence-corrected chi connectivity index (χ3v) is 5.28. The fourth-order valence-electron chi connectivity index (χ4n) is 3.41. The quantitative estimate of drug-likeness (QED) is 0.715. The number of nitrogens with zero attached hydrogens (tertiary/aromatic N) is 1. The summed E-state index contributed by atoms with van der Waals surface area (Å²) < 4.78 is 5.31. The molecule has 0 aliphatic carbocycles. The van der Waals surface area contributed by atoms with E-state index < -0.39 is 23.8 Å². The van der Waals surface area contributed by atoms with Crippen molar-refractivity contribution in [2.45, 2.75) is 33.2 Å². The molecule has 0 aromatic heterocycles. The van der Waals surface area contributed by atoms with E-state index in [4.69, 9.17) is 16.3 Å². The molecule has 0 saturated heterocycles. The topological polar surface area (TPSA) is 75.7 Å². The molecule has 1 atom stereocenters. The molecule has 3 amide bonds. The van der Waals surface area contributed by atoms with Gasteiger partial charge >= 0.3 is 0 Å². The van der Waals surface area contributed by atoms with E-state index in [1.54, 1.807) is 36.4 Å². The Morgan fingerprint density at radius 1 is 1.14 bits per heavy atom. The lowest BCUT2D eigenvalue weighted by Crippen LogP contribution is -2.48. The number of amides is 3. The molecule has 1 heterocycles. The van der Waals surface area contributed by atoms with Crippen molar-refractivity contribution in [3.8, 4) is 5.75 Å². The molecule has 2 aromatic carbocycles. The zero-order chi connectivity index (χ0) is 21.3. The number of hydrogen-bond donors (Lipinski definition) is 1. The molecule has 1 N–H and O–H groups in total. The van der Waals surface area contributed by atoms with Gasteiger partial charge in [0.1, 0.15) is 11.8 Å². The SMILES string of the molecule is COc1cc(Cl)c(C)cc1NC(=O)[C@H](CC(C)C)N1C(=O)c2ccccc2C1=O. The first-order valence-corrected chi connectivity index (χ1v) is 9.74. The van der Waals surface area contributed by atoms with E-state index in [0.29, 0.717) is 34.0 Å². The molecule has 7 heteroatoms. The number of nitrogens with one attached hydrogen (secondary N) is 1. The van der Waals surface area contributed by atoms with Gasteiger partial charge < -0.3 is 10.1 Å². The van der Waals surface area contributed by atoms with Gasteiger partial charge in [0.25, 0.3) is 11.8 Å². The van der Waals surface area contributed by atoms with Crippen LogP contribution in [-0.2, 0) is 4.79 Å². The second-order valence-electron chi connectivity index (χ2n) is 7.46. The highest BCUT2D eigenvalue weighted by Crippen LogP contribution is 2.32. The van der Waals surface area contributed by atoms with Crippen LogP contribution in [0.15, 0.2) is 36.4 Å². The fraction of sp³-hybridized carbons (Fsp3) is 0.318. The Kier molecular flexibility index (Phi) is 5.94. The van der Waals surface area contributed by atoms with Crippen molar-refractivity contribution in [2.24, 2.45) is 5.92 Å². The van der Waals surface area contributed by atoms with Gasteiger partial charge in [-0.05, 0) is 43.0 Å². The number of aryl methyl sites for hydroxylation is 1. The highest BCUT2D eigenvalue weighted by molar-refractivity contribution is 6.31. The average molecular weight is 415 g/mol. The second kappa shape index (κ2) is 8.25.